The summed E-state index contributed by atoms with van der Waals surface area (Å²) < 4.78 is 64.0. The number of hydrogen-bond donors (Lipinski definition) is 0. The summed E-state index contributed by atoms with van der Waals surface area (Å²) in [6.45, 7) is 0.120. The lowest BCUT2D eigenvalue weighted by molar-refractivity contribution is -0.497. The van der Waals surface area contributed by atoms with Crippen LogP contribution in [-0.2, 0) is 21.0 Å². The van der Waals surface area contributed by atoms with E-state index in [1.54, 1.807) is 0 Å². The summed E-state index contributed by atoms with van der Waals surface area (Å²) in [5, 5.41) is 10.7. The zero-order chi connectivity index (χ0) is 20.0. The number of benzene rings is 1. The summed E-state index contributed by atoms with van der Waals surface area (Å²) in [4.78, 5) is 23.5. The van der Waals surface area contributed by atoms with Crippen molar-refractivity contribution >= 4 is 15.9 Å². The fraction of sp³-hybridized carbons (Fsp3) is 0.533. The molecule has 1 aromatic rings. The molecule has 0 N–H and O–H groups in total. The minimum absolute atomic E-state index is 0.0229. The van der Waals surface area contributed by atoms with E-state index >= 15 is 0 Å². The second kappa shape index (κ2) is 6.75. The van der Waals surface area contributed by atoms with Crippen molar-refractivity contribution in [3.63, 3.8) is 0 Å². The van der Waals surface area contributed by atoms with Gasteiger partial charge in [0.05, 0.1) is 10.5 Å². The number of carbonyl (C=O) groups is 1. The molecule has 1 aromatic carbocycles. The average molecular weight is 407 g/mol. The number of rotatable bonds is 4. The van der Waals surface area contributed by atoms with Crippen LogP contribution in [0.2, 0.25) is 0 Å². The maximum absolute atomic E-state index is 12.6. The lowest BCUT2D eigenvalue weighted by Crippen LogP contribution is -2.51. The van der Waals surface area contributed by atoms with Gasteiger partial charge in [-0.2, -0.15) is 17.5 Å². The first kappa shape index (κ1) is 19.5. The Hall–Kier alpha value is -2.21. The predicted octanol–water partition coefficient (Wildman–Crippen LogP) is 1.20. The summed E-state index contributed by atoms with van der Waals surface area (Å²) in [6, 6.07) is 2.35. The molecule has 0 radical (unpaired) electrons. The van der Waals surface area contributed by atoms with E-state index in [1.165, 1.54) is 4.90 Å². The fourth-order valence-corrected chi connectivity index (χ4v) is 4.45. The first-order valence-electron chi connectivity index (χ1n) is 8.11. The topological polar surface area (TPSA) is 101 Å². The van der Waals surface area contributed by atoms with Crippen molar-refractivity contribution in [3.05, 3.63) is 39.9 Å². The Morgan fingerprint density at radius 2 is 1.67 bits per heavy atom. The number of carbonyl (C=O) groups excluding carboxylic acids is 1. The Morgan fingerprint density at radius 3 is 2.11 bits per heavy atom. The van der Waals surface area contributed by atoms with Crippen molar-refractivity contribution < 1.29 is 31.3 Å². The lowest BCUT2D eigenvalue weighted by Gasteiger charge is -2.34. The van der Waals surface area contributed by atoms with Crippen LogP contribution in [-0.4, -0.2) is 60.7 Å². The second-order valence-corrected chi connectivity index (χ2v) is 8.38. The molecule has 148 valence electrons. The molecule has 12 heteroatoms. The normalized spacial score (nSPS) is 23.9. The van der Waals surface area contributed by atoms with Gasteiger partial charge in [-0.05, 0) is 24.3 Å². The zero-order valence-electron chi connectivity index (χ0n) is 13.9. The predicted molar refractivity (Wildman–Crippen MR) is 85.7 cm³/mol. The van der Waals surface area contributed by atoms with E-state index in [-0.39, 0.29) is 43.4 Å². The van der Waals surface area contributed by atoms with Crippen LogP contribution in [0.1, 0.15) is 12.0 Å². The highest BCUT2D eigenvalue weighted by molar-refractivity contribution is 7.89. The van der Waals surface area contributed by atoms with Gasteiger partial charge in [0.15, 0.2) is 0 Å². The quantitative estimate of drug-likeness (QED) is 0.552. The summed E-state index contributed by atoms with van der Waals surface area (Å²) in [7, 11) is -3.98. The van der Waals surface area contributed by atoms with E-state index in [4.69, 9.17) is 0 Å². The van der Waals surface area contributed by atoms with Crippen LogP contribution in [0.5, 0.6) is 0 Å². The second-order valence-electron chi connectivity index (χ2n) is 6.45. The highest BCUT2D eigenvalue weighted by Crippen LogP contribution is 2.35. The first-order chi connectivity index (χ1) is 12.5. The summed E-state index contributed by atoms with van der Waals surface area (Å²) in [5.41, 5.74) is -0.943. The Kier molecular flexibility index (Phi) is 4.89. The van der Waals surface area contributed by atoms with Crippen LogP contribution in [0, 0.1) is 16.0 Å². The van der Waals surface area contributed by atoms with Gasteiger partial charge in [-0.15, -0.1) is 0 Å². The maximum atomic E-state index is 12.6. The first-order valence-corrected chi connectivity index (χ1v) is 9.55. The Balaban J connectivity index is 1.63. The molecule has 27 heavy (non-hydrogen) atoms. The van der Waals surface area contributed by atoms with E-state index < -0.39 is 38.6 Å². The molecule has 0 spiro atoms. The van der Waals surface area contributed by atoms with Gasteiger partial charge in [-0.1, -0.05) is 0 Å². The van der Waals surface area contributed by atoms with Crippen LogP contribution in [0.15, 0.2) is 29.2 Å². The van der Waals surface area contributed by atoms with E-state index in [1.807, 2.05) is 0 Å². The van der Waals surface area contributed by atoms with Gasteiger partial charge in [0.2, 0.25) is 22.0 Å². The largest absolute Gasteiger partial charge is 0.416 e. The van der Waals surface area contributed by atoms with Gasteiger partial charge >= 0.3 is 6.18 Å². The molecule has 0 aromatic heterocycles. The Labute approximate surface area is 152 Å². The monoisotopic (exact) mass is 407 g/mol. The third kappa shape index (κ3) is 3.90. The standard InChI is InChI=1S/C15H16F3N3O5S/c16-15(17,18)10-1-3-11(4-2-10)27(25,26)20-7-5-19(6-8-20)14(22)12-9-13(12)21(23)24/h1-4,12-13H,5-9H2. The van der Waals surface area contributed by atoms with E-state index in [0.717, 1.165) is 16.4 Å². The number of hydrogen-bond acceptors (Lipinski definition) is 5. The van der Waals surface area contributed by atoms with Crippen LogP contribution in [0.4, 0.5) is 13.2 Å². The molecule has 1 aliphatic heterocycles. The molecule has 1 heterocycles. The number of amides is 1. The van der Waals surface area contributed by atoms with E-state index in [9.17, 15) is 36.5 Å². The third-order valence-electron chi connectivity index (χ3n) is 4.71. The lowest BCUT2D eigenvalue weighted by atomic mass is 10.2. The minimum atomic E-state index is -4.56. The summed E-state index contributed by atoms with van der Waals surface area (Å²) >= 11 is 0. The number of nitro groups is 1. The maximum Gasteiger partial charge on any atom is 0.416 e. The zero-order valence-corrected chi connectivity index (χ0v) is 14.7. The van der Waals surface area contributed by atoms with E-state index in [2.05, 4.69) is 0 Å². The van der Waals surface area contributed by atoms with Crippen LogP contribution < -0.4 is 0 Å². The third-order valence-corrected chi connectivity index (χ3v) is 6.63. The summed E-state index contributed by atoms with van der Waals surface area (Å²) in [5.74, 6) is -1.01. The van der Waals surface area contributed by atoms with Gasteiger partial charge in [-0.3, -0.25) is 14.9 Å². The van der Waals surface area contributed by atoms with Gasteiger partial charge in [0.25, 0.3) is 0 Å². The molecule has 2 unspecified atom stereocenters. The number of halogens is 3. The molecule has 2 atom stereocenters. The molecule has 1 saturated carbocycles. The SMILES string of the molecule is O=C(C1CC1[N+](=O)[O-])N1CCN(S(=O)(=O)c2ccc(C(F)(F)F)cc2)CC1. The van der Waals surface area contributed by atoms with Crippen molar-refractivity contribution in [2.45, 2.75) is 23.5 Å². The molecular formula is C15H16F3N3O5S. The molecule has 2 aliphatic rings. The minimum Gasteiger partial charge on any atom is -0.340 e. The molecule has 3 rings (SSSR count). The molecule has 1 amide bonds. The highest BCUT2D eigenvalue weighted by Gasteiger charge is 2.54. The van der Waals surface area contributed by atoms with E-state index in [0.29, 0.717) is 12.1 Å². The van der Waals surface area contributed by atoms with Gasteiger partial charge in [-0.25, -0.2) is 8.42 Å². The Bertz CT molecular complexity index is 848. The molecule has 2 fully saturated rings. The number of sulfonamides is 1. The van der Waals surface area contributed by atoms with Crippen LogP contribution >= 0.6 is 0 Å². The molecule has 8 nitrogen and oxygen atoms in total. The average Bonchev–Trinajstić information content (AvgIpc) is 3.41. The smallest absolute Gasteiger partial charge is 0.340 e. The highest BCUT2D eigenvalue weighted by atomic mass is 32.2. The van der Waals surface area contributed by atoms with Crippen molar-refractivity contribution in [2.24, 2.45) is 5.92 Å². The number of nitrogens with zero attached hydrogens (tertiary/aromatic N) is 3. The Morgan fingerprint density at radius 1 is 1.11 bits per heavy atom. The number of piperazine rings is 1. The van der Waals surface area contributed by atoms with Crippen LogP contribution in [0.3, 0.4) is 0 Å². The molecule has 0 bridgehead atoms. The van der Waals surface area contributed by atoms with Crippen molar-refractivity contribution in [1.29, 1.82) is 0 Å². The molecule has 1 saturated heterocycles. The van der Waals surface area contributed by atoms with Crippen molar-refractivity contribution in [2.75, 3.05) is 26.2 Å². The van der Waals surface area contributed by atoms with Crippen LogP contribution in [0.25, 0.3) is 0 Å². The van der Waals surface area contributed by atoms with Crippen molar-refractivity contribution in [3.8, 4) is 0 Å². The molecule has 1 aliphatic carbocycles. The molecular weight excluding hydrogens is 391 g/mol. The van der Waals surface area contributed by atoms with Gasteiger partial charge < -0.3 is 4.90 Å². The fourth-order valence-electron chi connectivity index (χ4n) is 3.03. The van der Waals surface area contributed by atoms with Crippen molar-refractivity contribution in [1.82, 2.24) is 9.21 Å². The van der Waals surface area contributed by atoms with Gasteiger partial charge in [0, 0.05) is 37.5 Å². The van der Waals surface area contributed by atoms with Gasteiger partial charge in [0.1, 0.15) is 5.92 Å². The summed E-state index contributed by atoms with van der Waals surface area (Å²) in [6.07, 6.45) is -4.37. The number of alkyl halides is 3.